The lowest BCUT2D eigenvalue weighted by atomic mass is 10.1. The Hall–Kier alpha value is -2.52. The molecule has 0 amide bonds. The van der Waals surface area contributed by atoms with Crippen LogP contribution in [0, 0.1) is 22.7 Å². The van der Waals surface area contributed by atoms with Gasteiger partial charge in [0, 0.05) is 19.8 Å². The van der Waals surface area contributed by atoms with Gasteiger partial charge in [-0.25, -0.2) is 0 Å². The van der Waals surface area contributed by atoms with Crippen molar-refractivity contribution in [1.29, 1.82) is 10.5 Å². The number of rotatable bonds is 3. The van der Waals surface area contributed by atoms with E-state index in [1.807, 2.05) is 61.5 Å². The Kier molecular flexibility index (Phi) is 4.54. The van der Waals surface area contributed by atoms with Crippen molar-refractivity contribution in [2.24, 2.45) is 0 Å². The van der Waals surface area contributed by atoms with Gasteiger partial charge in [-0.05, 0) is 17.7 Å². The first-order valence-electron chi connectivity index (χ1n) is 5.14. The van der Waals surface area contributed by atoms with E-state index in [-0.39, 0.29) is 5.57 Å². The van der Waals surface area contributed by atoms with Crippen LogP contribution in [-0.4, -0.2) is 19.0 Å². The molecule has 0 unspecified atom stereocenters. The first-order valence-corrected chi connectivity index (χ1v) is 5.14. The second-order valence-electron chi connectivity index (χ2n) is 3.62. The molecular formula is C14H13N3. The van der Waals surface area contributed by atoms with Gasteiger partial charge in [-0.15, -0.1) is 0 Å². The number of hydrogen-bond acceptors (Lipinski definition) is 3. The second-order valence-corrected chi connectivity index (χ2v) is 3.62. The Balaban J connectivity index is 3.13. The lowest BCUT2D eigenvalue weighted by Gasteiger charge is -2.16. The Labute approximate surface area is 102 Å². The minimum atomic E-state index is 0.0975. The highest BCUT2D eigenvalue weighted by molar-refractivity contribution is 5.66. The van der Waals surface area contributed by atoms with Crippen LogP contribution < -0.4 is 0 Å². The highest BCUT2D eigenvalue weighted by atomic mass is 15.1. The molecule has 0 spiro atoms. The largest absolute Gasteiger partial charge is 0.377 e. The van der Waals surface area contributed by atoms with Gasteiger partial charge in [-0.3, -0.25) is 0 Å². The summed E-state index contributed by atoms with van der Waals surface area (Å²) in [6.45, 7) is 0. The fourth-order valence-corrected chi connectivity index (χ4v) is 1.37. The zero-order valence-electron chi connectivity index (χ0n) is 9.88. The summed E-state index contributed by atoms with van der Waals surface area (Å²) in [6, 6.07) is 13.5. The zero-order chi connectivity index (χ0) is 12.7. The van der Waals surface area contributed by atoms with E-state index in [0.29, 0.717) is 0 Å². The van der Waals surface area contributed by atoms with Crippen molar-refractivity contribution < 1.29 is 0 Å². The molecule has 0 bridgehead atoms. The zero-order valence-corrected chi connectivity index (χ0v) is 9.88. The molecule has 0 aliphatic carbocycles. The molecule has 0 N–H and O–H groups in total. The molecule has 0 aliphatic heterocycles. The van der Waals surface area contributed by atoms with Crippen LogP contribution in [0.25, 0.3) is 5.70 Å². The topological polar surface area (TPSA) is 50.8 Å². The van der Waals surface area contributed by atoms with Crippen molar-refractivity contribution >= 4 is 5.70 Å². The van der Waals surface area contributed by atoms with E-state index in [9.17, 15) is 0 Å². The average molecular weight is 223 g/mol. The summed E-state index contributed by atoms with van der Waals surface area (Å²) in [6.07, 6.45) is 3.30. The summed E-state index contributed by atoms with van der Waals surface area (Å²) in [5.41, 5.74) is 2.10. The molecule has 0 heterocycles. The molecular weight excluding hydrogens is 210 g/mol. The predicted molar refractivity (Wildman–Crippen MR) is 67.4 cm³/mol. The maximum Gasteiger partial charge on any atom is 0.129 e. The predicted octanol–water partition coefficient (Wildman–Crippen LogP) is 2.56. The van der Waals surface area contributed by atoms with Gasteiger partial charge in [-0.2, -0.15) is 10.5 Å². The van der Waals surface area contributed by atoms with Crippen molar-refractivity contribution in [2.45, 2.75) is 0 Å². The molecule has 0 aliphatic rings. The van der Waals surface area contributed by atoms with E-state index in [1.165, 1.54) is 6.08 Å². The molecule has 1 aromatic rings. The van der Waals surface area contributed by atoms with E-state index in [2.05, 4.69) is 0 Å². The molecule has 0 radical (unpaired) electrons. The Morgan fingerprint density at radius 1 is 1.06 bits per heavy atom. The maximum atomic E-state index is 8.66. The first kappa shape index (κ1) is 12.5. The smallest absolute Gasteiger partial charge is 0.129 e. The summed E-state index contributed by atoms with van der Waals surface area (Å²) >= 11 is 0. The van der Waals surface area contributed by atoms with E-state index >= 15 is 0 Å². The maximum absolute atomic E-state index is 8.66. The number of allylic oxidation sites excluding steroid dienone is 3. The van der Waals surface area contributed by atoms with Gasteiger partial charge in [-0.1, -0.05) is 30.3 Å². The standard InChI is InChI=1S/C14H13N3/c1-17(2)14(9-8-12(10-15)11-16)13-6-4-3-5-7-13/h3-9H,1-2H3. The fourth-order valence-electron chi connectivity index (χ4n) is 1.37. The minimum absolute atomic E-state index is 0.0975. The fraction of sp³-hybridized carbons (Fsp3) is 0.143. The summed E-state index contributed by atoms with van der Waals surface area (Å²) in [5.74, 6) is 0. The van der Waals surface area contributed by atoms with Crippen LogP contribution in [0.5, 0.6) is 0 Å². The number of benzene rings is 1. The molecule has 17 heavy (non-hydrogen) atoms. The molecule has 0 saturated heterocycles. The molecule has 3 heteroatoms. The van der Waals surface area contributed by atoms with Crippen molar-refractivity contribution in [1.82, 2.24) is 4.90 Å². The summed E-state index contributed by atoms with van der Waals surface area (Å²) in [5, 5.41) is 17.3. The van der Waals surface area contributed by atoms with E-state index in [1.54, 1.807) is 6.08 Å². The molecule has 0 fully saturated rings. The van der Waals surface area contributed by atoms with Gasteiger partial charge in [0.15, 0.2) is 0 Å². The number of hydrogen-bond donors (Lipinski definition) is 0. The molecule has 1 aromatic carbocycles. The van der Waals surface area contributed by atoms with Gasteiger partial charge in [0.2, 0.25) is 0 Å². The molecule has 0 atom stereocenters. The highest BCUT2D eigenvalue weighted by Crippen LogP contribution is 2.16. The molecule has 0 aromatic heterocycles. The lowest BCUT2D eigenvalue weighted by molar-refractivity contribution is 0.592. The van der Waals surface area contributed by atoms with E-state index in [0.717, 1.165) is 11.3 Å². The molecule has 84 valence electrons. The van der Waals surface area contributed by atoms with Crippen molar-refractivity contribution in [3.05, 3.63) is 53.6 Å². The van der Waals surface area contributed by atoms with Gasteiger partial charge in [0.25, 0.3) is 0 Å². The van der Waals surface area contributed by atoms with Crippen molar-refractivity contribution in [2.75, 3.05) is 14.1 Å². The van der Waals surface area contributed by atoms with Crippen LogP contribution in [0.1, 0.15) is 5.56 Å². The summed E-state index contributed by atoms with van der Waals surface area (Å²) in [7, 11) is 3.84. The average Bonchev–Trinajstić information content (AvgIpc) is 2.35. The Morgan fingerprint density at radius 2 is 1.65 bits per heavy atom. The highest BCUT2D eigenvalue weighted by Gasteiger charge is 2.01. The first-order chi connectivity index (χ1) is 8.19. The van der Waals surface area contributed by atoms with Crippen LogP contribution in [-0.2, 0) is 0 Å². The van der Waals surface area contributed by atoms with Gasteiger partial charge >= 0.3 is 0 Å². The molecule has 1 rings (SSSR count). The minimum Gasteiger partial charge on any atom is -0.377 e. The number of nitrogens with zero attached hydrogens (tertiary/aromatic N) is 3. The van der Waals surface area contributed by atoms with Gasteiger partial charge in [0.1, 0.15) is 17.7 Å². The van der Waals surface area contributed by atoms with E-state index in [4.69, 9.17) is 10.5 Å². The third-order valence-corrected chi connectivity index (χ3v) is 2.20. The van der Waals surface area contributed by atoms with Crippen LogP contribution in [0.3, 0.4) is 0 Å². The Bertz CT molecular complexity index is 495. The van der Waals surface area contributed by atoms with Crippen LogP contribution in [0.4, 0.5) is 0 Å². The van der Waals surface area contributed by atoms with Crippen molar-refractivity contribution in [3.8, 4) is 12.1 Å². The van der Waals surface area contributed by atoms with E-state index < -0.39 is 0 Å². The SMILES string of the molecule is CN(C)C(=CC=C(C#N)C#N)c1ccccc1. The summed E-state index contributed by atoms with van der Waals surface area (Å²) in [4.78, 5) is 1.94. The summed E-state index contributed by atoms with van der Waals surface area (Å²) < 4.78 is 0. The second kappa shape index (κ2) is 6.15. The van der Waals surface area contributed by atoms with Crippen LogP contribution >= 0.6 is 0 Å². The third-order valence-electron chi connectivity index (χ3n) is 2.20. The van der Waals surface area contributed by atoms with Crippen LogP contribution in [0.15, 0.2) is 48.1 Å². The monoisotopic (exact) mass is 223 g/mol. The van der Waals surface area contributed by atoms with Gasteiger partial charge in [0.05, 0.1) is 0 Å². The quantitative estimate of drug-likeness (QED) is 0.584. The third kappa shape index (κ3) is 3.52. The normalized spacial score (nSPS) is 10.0. The lowest BCUT2D eigenvalue weighted by Crippen LogP contribution is -2.09. The number of nitriles is 2. The molecule has 0 saturated carbocycles. The Morgan fingerprint density at radius 3 is 2.12 bits per heavy atom. The van der Waals surface area contributed by atoms with Crippen LogP contribution in [0.2, 0.25) is 0 Å². The van der Waals surface area contributed by atoms with Crippen molar-refractivity contribution in [3.63, 3.8) is 0 Å². The molecule has 3 nitrogen and oxygen atoms in total. The van der Waals surface area contributed by atoms with Gasteiger partial charge < -0.3 is 4.90 Å².